The van der Waals surface area contributed by atoms with E-state index in [1.165, 1.54) is 83.5 Å². The summed E-state index contributed by atoms with van der Waals surface area (Å²) in [6.07, 6.45) is 23.2. The van der Waals surface area contributed by atoms with Gasteiger partial charge >= 0.3 is 13.8 Å². The van der Waals surface area contributed by atoms with Gasteiger partial charge in [0.2, 0.25) is 0 Å². The Morgan fingerprint density at radius 1 is 0.769 bits per heavy atom. The first kappa shape index (κ1) is 38.4. The first-order chi connectivity index (χ1) is 18.9. The molecule has 0 amide bonds. The van der Waals surface area contributed by atoms with Gasteiger partial charge in [0.1, 0.15) is 6.10 Å². The predicted octanol–water partition coefficient (Wildman–Crippen LogP) is 8.13. The molecular formula is C29H57O8PS. The fourth-order valence-corrected chi connectivity index (χ4v) is 5.73. The van der Waals surface area contributed by atoms with Crippen molar-refractivity contribution in [3.05, 3.63) is 0 Å². The second-order valence-corrected chi connectivity index (χ2v) is 12.8. The summed E-state index contributed by atoms with van der Waals surface area (Å²) in [4.78, 5) is 40.4. The zero-order chi connectivity index (χ0) is 28.9. The quantitative estimate of drug-likeness (QED) is 0.0354. The monoisotopic (exact) mass is 596 g/mol. The lowest BCUT2D eigenvalue weighted by atomic mass is 10.1. The van der Waals surface area contributed by atoms with Gasteiger partial charge in [-0.15, -0.1) is 0 Å². The maximum atomic E-state index is 12.3. The van der Waals surface area contributed by atoms with Gasteiger partial charge in [-0.25, -0.2) is 4.57 Å². The van der Waals surface area contributed by atoms with Crippen LogP contribution in [0.1, 0.15) is 142 Å². The Bertz CT molecular complexity index is 602. The van der Waals surface area contributed by atoms with E-state index in [1.807, 2.05) is 0 Å². The van der Waals surface area contributed by atoms with Gasteiger partial charge in [-0.3, -0.25) is 14.1 Å². The Kier molecular flexibility index (Phi) is 28.5. The van der Waals surface area contributed by atoms with Gasteiger partial charge in [0.05, 0.1) is 13.2 Å². The van der Waals surface area contributed by atoms with Gasteiger partial charge in [0, 0.05) is 12.2 Å². The summed E-state index contributed by atoms with van der Waals surface area (Å²) in [5.41, 5.74) is 0. The number of phosphoric ester groups is 1. The maximum absolute atomic E-state index is 12.3. The fraction of sp³-hybridized carbons (Fsp3) is 0.931. The molecule has 0 aliphatic heterocycles. The molecular weight excluding hydrogens is 539 g/mol. The van der Waals surface area contributed by atoms with Crippen molar-refractivity contribution in [1.82, 2.24) is 0 Å². The maximum Gasteiger partial charge on any atom is 0.469 e. The Balaban J connectivity index is 3.82. The van der Waals surface area contributed by atoms with E-state index < -0.39 is 13.9 Å². The van der Waals surface area contributed by atoms with Gasteiger partial charge in [-0.1, -0.05) is 116 Å². The molecule has 0 aromatic heterocycles. The van der Waals surface area contributed by atoms with Crippen molar-refractivity contribution >= 4 is 32.0 Å². The van der Waals surface area contributed by atoms with Gasteiger partial charge < -0.3 is 19.3 Å². The second-order valence-electron chi connectivity index (χ2n) is 10.4. The first-order valence-corrected chi connectivity index (χ1v) is 18.1. The molecule has 0 aromatic rings. The Morgan fingerprint density at radius 2 is 1.26 bits per heavy atom. The molecule has 0 heterocycles. The zero-order valence-corrected chi connectivity index (χ0v) is 26.2. The van der Waals surface area contributed by atoms with E-state index in [9.17, 15) is 14.2 Å². The number of phosphoric acid groups is 1. The highest BCUT2D eigenvalue weighted by Crippen LogP contribution is 2.36. The molecule has 0 bridgehead atoms. The van der Waals surface area contributed by atoms with Crippen LogP contribution in [-0.2, 0) is 28.2 Å². The third-order valence-electron chi connectivity index (χ3n) is 6.63. The Morgan fingerprint density at radius 3 is 1.77 bits per heavy atom. The third-order valence-corrected chi connectivity index (χ3v) is 8.30. The van der Waals surface area contributed by atoms with E-state index in [1.54, 1.807) is 11.8 Å². The van der Waals surface area contributed by atoms with Crippen molar-refractivity contribution in [1.29, 1.82) is 0 Å². The van der Waals surface area contributed by atoms with Crippen molar-refractivity contribution in [3.8, 4) is 0 Å². The lowest BCUT2D eigenvalue weighted by molar-refractivity contribution is -0.149. The van der Waals surface area contributed by atoms with Crippen molar-refractivity contribution < 1.29 is 37.9 Å². The largest absolute Gasteiger partial charge is 0.469 e. The zero-order valence-electron chi connectivity index (χ0n) is 24.5. The topological polar surface area (TPSA) is 119 Å². The van der Waals surface area contributed by atoms with E-state index >= 15 is 0 Å². The first-order valence-electron chi connectivity index (χ1n) is 15.4. The van der Waals surface area contributed by atoms with Crippen LogP contribution in [0.25, 0.3) is 0 Å². The highest BCUT2D eigenvalue weighted by atomic mass is 32.2. The molecule has 0 saturated heterocycles. The lowest BCUT2D eigenvalue weighted by Gasteiger charge is -2.18. The molecule has 232 valence electrons. The SMILES string of the molecule is CCCCCCCCCCCC(=O)O[C@H](COP(=O)(O)O)CSCCCCCCCCCCCCCOC=O. The summed E-state index contributed by atoms with van der Waals surface area (Å²) in [5, 5.41) is 0. The van der Waals surface area contributed by atoms with E-state index in [4.69, 9.17) is 14.5 Å². The number of hydrogen-bond donors (Lipinski definition) is 2. The Hall–Kier alpha value is -0.600. The van der Waals surface area contributed by atoms with Gasteiger partial charge in [0.25, 0.3) is 6.47 Å². The molecule has 10 heteroatoms. The van der Waals surface area contributed by atoms with Gasteiger partial charge in [0.15, 0.2) is 0 Å². The third kappa shape index (κ3) is 31.8. The van der Waals surface area contributed by atoms with E-state index in [2.05, 4.69) is 16.2 Å². The molecule has 0 aromatic carbocycles. The molecule has 8 nitrogen and oxygen atoms in total. The molecule has 0 spiro atoms. The summed E-state index contributed by atoms with van der Waals surface area (Å²) in [5.74, 6) is 1.09. The second kappa shape index (κ2) is 28.9. The molecule has 0 unspecified atom stereocenters. The number of hydrogen-bond acceptors (Lipinski definition) is 7. The van der Waals surface area contributed by atoms with Crippen molar-refractivity contribution in [2.24, 2.45) is 0 Å². The minimum atomic E-state index is -4.60. The molecule has 39 heavy (non-hydrogen) atoms. The molecule has 1 atom stereocenters. The number of esters is 1. The number of carbonyl (C=O) groups is 2. The molecule has 0 rings (SSSR count). The molecule has 0 saturated carbocycles. The number of ether oxygens (including phenoxy) is 2. The Labute approximate surface area is 242 Å². The van der Waals surface area contributed by atoms with Crippen LogP contribution in [0.5, 0.6) is 0 Å². The standard InChI is InChI=1S/C29H57O8PS/c1-2-3-4-5-6-10-13-16-19-22-29(31)37-28(25-36-38(32,33)34)26-39-24-21-18-15-12-9-7-8-11-14-17-20-23-35-27-30/h27-28H,2-26H2,1H3,(H2,32,33,34)/t28-/m1/s1. The molecule has 0 aliphatic rings. The van der Waals surface area contributed by atoms with Crippen LogP contribution in [0.4, 0.5) is 0 Å². The summed E-state index contributed by atoms with van der Waals surface area (Å²) in [6.45, 7) is 2.98. The molecule has 0 radical (unpaired) electrons. The van der Waals surface area contributed by atoms with Crippen LogP contribution in [-0.4, -0.2) is 53.1 Å². The normalized spacial score (nSPS) is 12.4. The summed E-state index contributed by atoms with van der Waals surface area (Å²) >= 11 is 1.64. The average molecular weight is 597 g/mol. The molecule has 0 aliphatic carbocycles. The van der Waals surface area contributed by atoms with Crippen molar-refractivity contribution in [2.75, 3.05) is 24.7 Å². The smallest absolute Gasteiger partial charge is 0.468 e. The van der Waals surface area contributed by atoms with Crippen LogP contribution in [0, 0.1) is 0 Å². The van der Waals surface area contributed by atoms with Gasteiger partial charge in [-0.2, -0.15) is 11.8 Å². The fourth-order valence-electron chi connectivity index (χ4n) is 4.36. The minimum Gasteiger partial charge on any atom is -0.468 e. The number of carbonyl (C=O) groups excluding carboxylic acids is 2. The molecule has 0 fully saturated rings. The van der Waals surface area contributed by atoms with Crippen LogP contribution in [0.2, 0.25) is 0 Å². The predicted molar refractivity (Wildman–Crippen MR) is 160 cm³/mol. The summed E-state index contributed by atoms with van der Waals surface area (Å²) in [7, 11) is -4.60. The van der Waals surface area contributed by atoms with Crippen LogP contribution < -0.4 is 0 Å². The lowest BCUT2D eigenvalue weighted by Crippen LogP contribution is -2.25. The number of thioether (sulfide) groups is 1. The minimum absolute atomic E-state index is 0.284. The van der Waals surface area contributed by atoms with Crippen LogP contribution in [0.15, 0.2) is 0 Å². The number of rotatable bonds is 31. The van der Waals surface area contributed by atoms with Crippen molar-refractivity contribution in [2.45, 2.75) is 148 Å². The van der Waals surface area contributed by atoms with Crippen LogP contribution >= 0.6 is 19.6 Å². The average Bonchev–Trinajstić information content (AvgIpc) is 2.90. The number of unbranched alkanes of at least 4 members (excludes halogenated alkanes) is 18. The van der Waals surface area contributed by atoms with E-state index in [0.29, 0.717) is 25.3 Å². The summed E-state index contributed by atoms with van der Waals surface area (Å²) < 4.78 is 25.9. The highest BCUT2D eigenvalue weighted by Gasteiger charge is 2.21. The van der Waals surface area contributed by atoms with E-state index in [-0.39, 0.29) is 12.6 Å². The van der Waals surface area contributed by atoms with E-state index in [0.717, 1.165) is 50.7 Å². The summed E-state index contributed by atoms with van der Waals surface area (Å²) in [6, 6.07) is 0. The van der Waals surface area contributed by atoms with Gasteiger partial charge in [-0.05, 0) is 25.0 Å². The van der Waals surface area contributed by atoms with Crippen molar-refractivity contribution in [3.63, 3.8) is 0 Å². The molecule has 2 N–H and O–H groups in total. The van der Waals surface area contributed by atoms with Crippen LogP contribution in [0.3, 0.4) is 0 Å². The highest BCUT2D eigenvalue weighted by molar-refractivity contribution is 7.99.